The molecule has 20 valence electrons. The fourth-order valence-electron chi connectivity index (χ4n) is 0. The SMILES string of the molecule is [N-]=[N+]=N.[Pb]. The van der Waals surface area contributed by atoms with E-state index in [2.05, 4.69) is 0 Å². The second-order valence-corrected chi connectivity index (χ2v) is 0.100. The molecule has 0 saturated heterocycles. The fourth-order valence-corrected chi connectivity index (χ4v) is 0. The molecule has 4 heavy (non-hydrogen) atoms. The normalized spacial score (nSPS) is 2.00. The van der Waals surface area contributed by atoms with Crippen molar-refractivity contribution in [3.05, 3.63) is 10.4 Å². The van der Waals surface area contributed by atoms with E-state index in [1.165, 1.54) is 0 Å². The third-order valence-electron chi connectivity index (χ3n) is 0. The van der Waals surface area contributed by atoms with Gasteiger partial charge in [0.25, 0.3) is 0 Å². The molecule has 1 N–H and O–H groups in total. The standard InChI is InChI=1S/HN3.Pb/c1-3-2;/h1H;. The second-order valence-electron chi connectivity index (χ2n) is 0.100. The van der Waals surface area contributed by atoms with Gasteiger partial charge in [-0.3, -0.25) is 0 Å². The smallest absolute Gasteiger partial charge is 0 e. The molecule has 0 aromatic carbocycles. The fraction of sp³-hybridized carbons (Fsp3) is 0. The third kappa shape index (κ3) is 62.9. The Kier molecular flexibility index (Phi) is 23.5. The van der Waals surface area contributed by atoms with Crippen molar-refractivity contribution >= 4 is 27.3 Å². The topological polar surface area (TPSA) is 60.3 Å². The van der Waals surface area contributed by atoms with Crippen LogP contribution in [-0.4, -0.2) is 27.3 Å². The van der Waals surface area contributed by atoms with Crippen molar-refractivity contribution in [1.82, 2.24) is 0 Å². The molecule has 0 aliphatic heterocycles. The molecule has 3 nitrogen and oxygen atoms in total. The average molecular weight is 250 g/mol. The van der Waals surface area contributed by atoms with E-state index in [1.807, 2.05) is 0 Å². The Morgan fingerprint density at radius 3 is 1.75 bits per heavy atom. The Balaban J connectivity index is 0. The number of hydrogen-bond donors (Lipinski definition) is 1. The molecule has 0 aromatic heterocycles. The minimum absolute atomic E-state index is 0. The van der Waals surface area contributed by atoms with Crippen LogP contribution < -0.4 is 0 Å². The van der Waals surface area contributed by atoms with Crippen LogP contribution in [0.3, 0.4) is 0 Å². The first-order valence-corrected chi connectivity index (χ1v) is 0.424. The van der Waals surface area contributed by atoms with E-state index in [-0.39, 0.29) is 27.3 Å². The molecule has 0 fully saturated rings. The van der Waals surface area contributed by atoms with Gasteiger partial charge in [0.2, 0.25) is 0 Å². The Morgan fingerprint density at radius 1 is 1.75 bits per heavy atom. The zero-order valence-electron chi connectivity index (χ0n) is 1.89. The number of hydrogen-bond acceptors (Lipinski definition) is 1. The molecule has 4 heteroatoms. The maximum absolute atomic E-state index is 6.86. The number of nitrogens with zero attached hydrogens (tertiary/aromatic N) is 2. The summed E-state index contributed by atoms with van der Waals surface area (Å²) in [7, 11) is 0. The van der Waals surface area contributed by atoms with E-state index in [9.17, 15) is 0 Å². The molecule has 0 aromatic rings. The van der Waals surface area contributed by atoms with Crippen LogP contribution >= 0.6 is 0 Å². The summed E-state index contributed by atoms with van der Waals surface area (Å²) in [6, 6.07) is 0. The van der Waals surface area contributed by atoms with E-state index >= 15 is 0 Å². The van der Waals surface area contributed by atoms with Gasteiger partial charge in [0, 0.05) is 27.3 Å². The quantitative estimate of drug-likeness (QED) is 0.281. The zero-order chi connectivity index (χ0) is 2.71. The summed E-state index contributed by atoms with van der Waals surface area (Å²) in [6.07, 6.45) is 0. The van der Waals surface area contributed by atoms with Crippen molar-refractivity contribution in [2.45, 2.75) is 0 Å². The van der Waals surface area contributed by atoms with Crippen LogP contribution in [0, 0.1) is 5.53 Å². The predicted octanol–water partition coefficient (Wildman–Crippen LogP) is 0.495. The average Bonchev–Trinajstić information content (AvgIpc) is 0.918. The van der Waals surface area contributed by atoms with Gasteiger partial charge < -0.3 is 0 Å². The second kappa shape index (κ2) is 10.6. The molecule has 0 heterocycles. The molecule has 0 amide bonds. The van der Waals surface area contributed by atoms with Crippen molar-refractivity contribution < 1.29 is 0 Å². The minimum atomic E-state index is 0. The van der Waals surface area contributed by atoms with Crippen LogP contribution in [-0.2, 0) is 0 Å². The maximum atomic E-state index is 6.86. The van der Waals surface area contributed by atoms with E-state index in [0.717, 1.165) is 0 Å². The first-order valence-electron chi connectivity index (χ1n) is 0.424. The molecule has 0 aliphatic carbocycles. The van der Waals surface area contributed by atoms with Gasteiger partial charge in [-0.1, -0.05) is 0 Å². The summed E-state index contributed by atoms with van der Waals surface area (Å²) in [5.41, 5.74) is 12.2. The summed E-state index contributed by atoms with van der Waals surface area (Å²) in [5.74, 6) is 0. The number of nitrogens with one attached hydrogen (secondary N) is 1. The monoisotopic (exact) mass is 251 g/mol. The van der Waals surface area contributed by atoms with Crippen molar-refractivity contribution in [3.63, 3.8) is 0 Å². The van der Waals surface area contributed by atoms with Gasteiger partial charge in [0.15, 0.2) is 0 Å². The van der Waals surface area contributed by atoms with Gasteiger partial charge in [-0.2, -0.15) is 0 Å². The van der Waals surface area contributed by atoms with E-state index < -0.39 is 0 Å². The first-order chi connectivity index (χ1) is 1.41. The van der Waals surface area contributed by atoms with Crippen molar-refractivity contribution in [3.8, 4) is 0 Å². The zero-order valence-corrected chi connectivity index (χ0v) is 5.78. The molecule has 0 saturated carbocycles. The summed E-state index contributed by atoms with van der Waals surface area (Å²) in [6.45, 7) is 0. The molecular weight excluding hydrogens is 249 g/mol. The van der Waals surface area contributed by atoms with Crippen LogP contribution in [0.4, 0.5) is 0 Å². The van der Waals surface area contributed by atoms with Crippen LogP contribution in [0.2, 0.25) is 0 Å². The molecule has 0 rings (SSSR count). The van der Waals surface area contributed by atoms with Crippen molar-refractivity contribution in [2.75, 3.05) is 0 Å². The molecule has 0 atom stereocenters. The van der Waals surface area contributed by atoms with Gasteiger partial charge in [-0.15, -0.1) is 5.53 Å². The Bertz CT molecular complexity index is 24.3. The molecule has 0 unspecified atom stereocenters. The summed E-state index contributed by atoms with van der Waals surface area (Å²) in [5, 5.41) is 0. The minimum Gasteiger partial charge on any atom is -0.108 e. The molecular formula is HN3Pb. The molecule has 0 spiro atoms. The maximum Gasteiger partial charge on any atom is 0 e. The largest absolute Gasteiger partial charge is 0.108 e. The van der Waals surface area contributed by atoms with Gasteiger partial charge >= 0.3 is 0 Å². The predicted molar refractivity (Wildman–Crippen MR) is 15.2 cm³/mol. The van der Waals surface area contributed by atoms with Crippen molar-refractivity contribution in [1.29, 1.82) is 5.53 Å². The van der Waals surface area contributed by atoms with Gasteiger partial charge in [-0.25, -0.2) is 0 Å². The third-order valence-corrected chi connectivity index (χ3v) is 0. The van der Waals surface area contributed by atoms with E-state index in [1.54, 1.807) is 4.91 Å². The van der Waals surface area contributed by atoms with Crippen LogP contribution in [0.15, 0.2) is 0 Å². The van der Waals surface area contributed by atoms with E-state index in [0.29, 0.717) is 0 Å². The first kappa shape index (κ1) is 8.87. The van der Waals surface area contributed by atoms with Crippen LogP contribution in [0.25, 0.3) is 10.4 Å². The van der Waals surface area contributed by atoms with Gasteiger partial charge in [-0.05, 0) is 10.4 Å². The van der Waals surface area contributed by atoms with Crippen LogP contribution in [0.5, 0.6) is 0 Å². The molecule has 0 bridgehead atoms. The Morgan fingerprint density at radius 2 is 1.75 bits per heavy atom. The Hall–Kier alpha value is 0.232. The Labute approximate surface area is 43.6 Å². The van der Waals surface area contributed by atoms with E-state index in [4.69, 9.17) is 11.1 Å². The molecule has 4 radical (unpaired) electrons. The van der Waals surface area contributed by atoms with Gasteiger partial charge in [0.05, 0.1) is 0 Å². The van der Waals surface area contributed by atoms with Crippen molar-refractivity contribution in [2.24, 2.45) is 0 Å². The summed E-state index contributed by atoms with van der Waals surface area (Å²) < 4.78 is 0. The van der Waals surface area contributed by atoms with Gasteiger partial charge in [0.1, 0.15) is 0 Å². The van der Waals surface area contributed by atoms with Crippen LogP contribution in [0.1, 0.15) is 0 Å². The summed E-state index contributed by atoms with van der Waals surface area (Å²) in [4.78, 5) is 1.75. The molecule has 0 aliphatic rings. The summed E-state index contributed by atoms with van der Waals surface area (Å²) >= 11 is 0. The number of rotatable bonds is 0.